The van der Waals surface area contributed by atoms with Crippen molar-refractivity contribution in [2.45, 2.75) is 38.0 Å². The Bertz CT molecular complexity index is 672. The van der Waals surface area contributed by atoms with Crippen molar-refractivity contribution in [3.05, 3.63) is 35.1 Å². The van der Waals surface area contributed by atoms with E-state index in [9.17, 15) is 28.0 Å². The van der Waals surface area contributed by atoms with Crippen LogP contribution in [0.1, 0.15) is 38.2 Å². The normalized spacial score (nSPS) is 13.0. The number of hydrogen-bond donors (Lipinski definition) is 1. The fourth-order valence-electron chi connectivity index (χ4n) is 2.32. The number of carbonyl (C=O) groups is 2. The van der Waals surface area contributed by atoms with Gasteiger partial charge < -0.3 is 9.84 Å². The number of hydrogen-bond acceptors (Lipinski definition) is 4. The number of carboxylic acid groups (broad SMARTS) is 1. The molecule has 5 nitrogen and oxygen atoms in total. The van der Waals surface area contributed by atoms with Crippen LogP contribution in [-0.4, -0.2) is 23.7 Å². The summed E-state index contributed by atoms with van der Waals surface area (Å²) in [6.07, 6.45) is -1.44. The second-order valence-corrected chi connectivity index (χ2v) is 5.14. The summed E-state index contributed by atoms with van der Waals surface area (Å²) in [5.74, 6) is -5.86. The fraction of sp³-hybridized carbons (Fsp3) is 0.438. The van der Waals surface area contributed by atoms with Gasteiger partial charge in [-0.3, -0.25) is 9.59 Å². The smallest absolute Gasteiger partial charge is 0.305 e. The summed E-state index contributed by atoms with van der Waals surface area (Å²) >= 11 is 0. The molecular formula is C16H16F3NO4. The zero-order valence-corrected chi connectivity index (χ0v) is 12.9. The van der Waals surface area contributed by atoms with Gasteiger partial charge in [0.25, 0.3) is 0 Å². The van der Waals surface area contributed by atoms with Crippen LogP contribution in [0.2, 0.25) is 0 Å². The van der Waals surface area contributed by atoms with Crippen LogP contribution in [0.15, 0.2) is 12.1 Å². The number of carbonyl (C=O) groups excluding carboxylic acids is 1. The van der Waals surface area contributed by atoms with E-state index in [4.69, 9.17) is 9.84 Å². The van der Waals surface area contributed by atoms with Crippen molar-refractivity contribution in [3.63, 3.8) is 0 Å². The highest BCUT2D eigenvalue weighted by Gasteiger charge is 2.37. The lowest BCUT2D eigenvalue weighted by molar-refractivity contribution is -0.143. The van der Waals surface area contributed by atoms with Crippen LogP contribution in [0.3, 0.4) is 0 Å². The van der Waals surface area contributed by atoms with E-state index in [0.29, 0.717) is 12.1 Å². The molecule has 1 aromatic carbocycles. The van der Waals surface area contributed by atoms with Gasteiger partial charge in [-0.25, -0.2) is 13.2 Å². The molecule has 0 bridgehead atoms. The number of carboxylic acids is 1. The molecule has 0 radical (unpaired) electrons. The van der Waals surface area contributed by atoms with Crippen molar-refractivity contribution in [3.8, 4) is 6.07 Å². The van der Waals surface area contributed by atoms with E-state index in [1.807, 2.05) is 0 Å². The minimum absolute atomic E-state index is 0.104. The van der Waals surface area contributed by atoms with Crippen LogP contribution in [0.5, 0.6) is 0 Å². The van der Waals surface area contributed by atoms with Crippen molar-refractivity contribution >= 4 is 11.9 Å². The summed E-state index contributed by atoms with van der Waals surface area (Å²) in [7, 11) is 0. The predicted molar refractivity (Wildman–Crippen MR) is 76.3 cm³/mol. The van der Waals surface area contributed by atoms with Crippen molar-refractivity contribution in [1.82, 2.24) is 0 Å². The Morgan fingerprint density at radius 1 is 1.17 bits per heavy atom. The van der Waals surface area contributed by atoms with E-state index < -0.39 is 46.8 Å². The largest absolute Gasteiger partial charge is 0.481 e. The fourth-order valence-corrected chi connectivity index (χ4v) is 2.32. The Balaban J connectivity index is 3.25. The third-order valence-electron chi connectivity index (χ3n) is 3.57. The van der Waals surface area contributed by atoms with Crippen LogP contribution in [0, 0.1) is 28.8 Å². The SMILES string of the molecule is CCOC(=O)CCC(C#N)(CCC(=O)O)c1cc(F)c(F)cc1F. The number of nitrogens with zero attached hydrogens (tertiary/aromatic N) is 1. The number of ether oxygens (including phenoxy) is 1. The molecule has 0 amide bonds. The topological polar surface area (TPSA) is 87.4 Å². The molecule has 130 valence electrons. The van der Waals surface area contributed by atoms with Crippen LogP contribution in [-0.2, 0) is 19.7 Å². The zero-order valence-electron chi connectivity index (χ0n) is 12.9. The summed E-state index contributed by atoms with van der Waals surface area (Å²) in [5, 5.41) is 18.3. The van der Waals surface area contributed by atoms with Crippen LogP contribution < -0.4 is 0 Å². The first kappa shape index (κ1) is 19.5. The van der Waals surface area contributed by atoms with Crippen molar-refractivity contribution in [2.75, 3.05) is 6.61 Å². The summed E-state index contributed by atoms with van der Waals surface area (Å²) in [4.78, 5) is 22.3. The van der Waals surface area contributed by atoms with E-state index >= 15 is 0 Å². The second-order valence-electron chi connectivity index (χ2n) is 5.14. The average molecular weight is 343 g/mol. The zero-order chi connectivity index (χ0) is 18.3. The maximum absolute atomic E-state index is 14.1. The van der Waals surface area contributed by atoms with E-state index in [1.54, 1.807) is 13.0 Å². The quantitative estimate of drug-likeness (QED) is 0.579. The molecule has 1 unspecified atom stereocenters. The molecule has 0 saturated heterocycles. The summed E-state index contributed by atoms with van der Waals surface area (Å²) in [6.45, 7) is 1.68. The predicted octanol–water partition coefficient (Wildman–Crippen LogP) is 3.07. The Morgan fingerprint density at radius 3 is 2.29 bits per heavy atom. The minimum Gasteiger partial charge on any atom is -0.481 e. The average Bonchev–Trinajstić information content (AvgIpc) is 2.52. The molecule has 0 spiro atoms. The van der Waals surface area contributed by atoms with Crippen LogP contribution in [0.25, 0.3) is 0 Å². The lowest BCUT2D eigenvalue weighted by Crippen LogP contribution is -2.28. The van der Waals surface area contributed by atoms with Crippen molar-refractivity contribution in [2.24, 2.45) is 0 Å². The van der Waals surface area contributed by atoms with Crippen LogP contribution in [0.4, 0.5) is 13.2 Å². The van der Waals surface area contributed by atoms with E-state index in [0.717, 1.165) is 0 Å². The van der Waals surface area contributed by atoms with E-state index in [1.165, 1.54) is 0 Å². The first-order valence-electron chi connectivity index (χ1n) is 7.19. The van der Waals surface area contributed by atoms with Crippen LogP contribution >= 0.6 is 0 Å². The summed E-state index contributed by atoms with van der Waals surface area (Å²) in [6, 6.07) is 2.59. The Kier molecular flexibility index (Phi) is 6.77. The lowest BCUT2D eigenvalue weighted by atomic mass is 9.74. The molecule has 0 aliphatic carbocycles. The highest BCUT2D eigenvalue weighted by Crippen LogP contribution is 2.36. The van der Waals surface area contributed by atoms with Gasteiger partial charge >= 0.3 is 11.9 Å². The highest BCUT2D eigenvalue weighted by molar-refractivity contribution is 5.70. The number of halogens is 3. The monoisotopic (exact) mass is 343 g/mol. The second kappa shape index (κ2) is 8.34. The van der Waals surface area contributed by atoms with Gasteiger partial charge in [0.1, 0.15) is 5.82 Å². The molecule has 1 rings (SSSR count). The Morgan fingerprint density at radius 2 is 1.75 bits per heavy atom. The molecule has 1 aromatic rings. The lowest BCUT2D eigenvalue weighted by Gasteiger charge is -2.27. The number of rotatable bonds is 8. The maximum Gasteiger partial charge on any atom is 0.305 e. The third-order valence-corrected chi connectivity index (χ3v) is 3.57. The number of esters is 1. The highest BCUT2D eigenvalue weighted by atomic mass is 19.2. The van der Waals surface area contributed by atoms with Gasteiger partial charge in [0.05, 0.1) is 18.1 Å². The first-order valence-corrected chi connectivity index (χ1v) is 7.19. The number of benzene rings is 1. The van der Waals surface area contributed by atoms with Gasteiger partial charge in [0.15, 0.2) is 11.6 Å². The number of aliphatic carboxylic acids is 1. The third kappa shape index (κ3) is 4.72. The maximum atomic E-state index is 14.1. The Hall–Kier alpha value is -2.56. The standard InChI is InChI=1S/C16H16F3NO4/c1-2-24-15(23)4-6-16(9-20,5-3-14(21)22)10-7-12(18)13(19)8-11(10)17/h7-8H,2-6H2,1H3,(H,21,22). The molecule has 8 heteroatoms. The van der Waals surface area contributed by atoms with Gasteiger partial charge in [-0.2, -0.15) is 5.26 Å². The molecule has 0 aliphatic rings. The van der Waals surface area contributed by atoms with Gasteiger partial charge in [-0.1, -0.05) is 0 Å². The summed E-state index contributed by atoms with van der Waals surface area (Å²) < 4.78 is 45.4. The van der Waals surface area contributed by atoms with E-state index in [-0.39, 0.29) is 25.9 Å². The van der Waals surface area contributed by atoms with Gasteiger partial charge in [-0.05, 0) is 25.8 Å². The molecule has 1 atom stereocenters. The molecule has 1 N–H and O–H groups in total. The molecule has 0 heterocycles. The van der Waals surface area contributed by atoms with Crippen molar-refractivity contribution < 1.29 is 32.6 Å². The number of nitriles is 1. The molecule has 24 heavy (non-hydrogen) atoms. The van der Waals surface area contributed by atoms with Gasteiger partial charge in [0, 0.05) is 24.5 Å². The van der Waals surface area contributed by atoms with E-state index in [2.05, 4.69) is 0 Å². The Labute approximate surface area is 136 Å². The molecular weight excluding hydrogens is 327 g/mol. The van der Waals surface area contributed by atoms with Gasteiger partial charge in [0.2, 0.25) is 0 Å². The van der Waals surface area contributed by atoms with Crippen molar-refractivity contribution in [1.29, 1.82) is 5.26 Å². The molecule has 0 aliphatic heterocycles. The minimum atomic E-state index is -1.79. The first-order chi connectivity index (χ1) is 11.3. The molecule has 0 saturated carbocycles. The molecule has 0 aromatic heterocycles. The molecule has 0 fully saturated rings. The summed E-state index contributed by atoms with van der Waals surface area (Å²) in [5.41, 5.74) is -2.27. The van der Waals surface area contributed by atoms with Gasteiger partial charge in [-0.15, -0.1) is 0 Å².